The zero-order valence-corrected chi connectivity index (χ0v) is 13.4. The number of nitrogens with one attached hydrogen (secondary N) is 2. The van der Waals surface area contributed by atoms with Gasteiger partial charge in [0, 0.05) is 30.7 Å². The van der Waals surface area contributed by atoms with Crippen molar-refractivity contribution >= 4 is 0 Å². The Labute approximate surface area is 137 Å². The van der Waals surface area contributed by atoms with E-state index in [0.29, 0.717) is 13.1 Å². The highest BCUT2D eigenvalue weighted by Crippen LogP contribution is 2.25. The second kappa shape index (κ2) is 7.59. The average Bonchev–Trinajstić information content (AvgIpc) is 2.61. The molecule has 3 N–H and O–H groups in total. The van der Waals surface area contributed by atoms with Gasteiger partial charge >= 0.3 is 0 Å². The molecular formula is C19H24N2O2. The largest absolute Gasteiger partial charge is 0.496 e. The van der Waals surface area contributed by atoms with Crippen molar-refractivity contribution in [3.8, 4) is 5.75 Å². The van der Waals surface area contributed by atoms with Gasteiger partial charge in [0.2, 0.25) is 0 Å². The van der Waals surface area contributed by atoms with Crippen molar-refractivity contribution in [1.29, 1.82) is 0 Å². The molecule has 0 amide bonds. The Morgan fingerprint density at radius 1 is 1.13 bits per heavy atom. The molecule has 3 unspecified atom stereocenters. The summed E-state index contributed by atoms with van der Waals surface area (Å²) in [6.07, 6.45) is 0.423. The summed E-state index contributed by atoms with van der Waals surface area (Å²) in [6.45, 7) is 1.35. The maximum absolute atomic E-state index is 10.0. The van der Waals surface area contributed by atoms with Gasteiger partial charge < -0.3 is 20.5 Å². The normalized spacial score (nSPS) is 24.3. The van der Waals surface area contributed by atoms with E-state index in [0.717, 1.165) is 17.7 Å². The lowest BCUT2D eigenvalue weighted by Gasteiger charge is -2.36. The predicted molar refractivity (Wildman–Crippen MR) is 91.4 cm³/mol. The van der Waals surface area contributed by atoms with Crippen LogP contribution in [-0.4, -0.2) is 30.9 Å². The van der Waals surface area contributed by atoms with Crippen molar-refractivity contribution in [2.24, 2.45) is 0 Å². The number of ether oxygens (including phenoxy) is 1. The third kappa shape index (κ3) is 3.91. The fraction of sp³-hybridized carbons (Fsp3) is 0.368. The first-order valence-electron chi connectivity index (χ1n) is 8.09. The first kappa shape index (κ1) is 16.0. The van der Waals surface area contributed by atoms with Crippen LogP contribution in [0.2, 0.25) is 0 Å². The van der Waals surface area contributed by atoms with E-state index in [1.807, 2.05) is 24.3 Å². The molecule has 122 valence electrons. The summed E-state index contributed by atoms with van der Waals surface area (Å²) >= 11 is 0. The zero-order valence-electron chi connectivity index (χ0n) is 13.4. The first-order valence-corrected chi connectivity index (χ1v) is 8.09. The lowest BCUT2D eigenvalue weighted by Crippen LogP contribution is -2.51. The van der Waals surface area contributed by atoms with Gasteiger partial charge in [-0.3, -0.25) is 0 Å². The Bertz CT molecular complexity index is 618. The third-order valence-electron chi connectivity index (χ3n) is 4.41. The third-order valence-corrected chi connectivity index (χ3v) is 4.41. The molecule has 23 heavy (non-hydrogen) atoms. The van der Waals surface area contributed by atoms with E-state index in [9.17, 15) is 5.11 Å². The highest BCUT2D eigenvalue weighted by Gasteiger charge is 2.29. The van der Waals surface area contributed by atoms with Crippen molar-refractivity contribution in [3.63, 3.8) is 0 Å². The molecule has 0 spiro atoms. The van der Waals surface area contributed by atoms with Crippen LogP contribution in [0.5, 0.6) is 5.75 Å². The van der Waals surface area contributed by atoms with Gasteiger partial charge in [0.1, 0.15) is 5.75 Å². The van der Waals surface area contributed by atoms with E-state index in [2.05, 4.69) is 41.0 Å². The van der Waals surface area contributed by atoms with Crippen molar-refractivity contribution < 1.29 is 9.84 Å². The van der Waals surface area contributed by atoms with E-state index >= 15 is 0 Å². The smallest absolute Gasteiger partial charge is 0.123 e. The molecule has 0 radical (unpaired) electrons. The van der Waals surface area contributed by atoms with E-state index in [1.54, 1.807) is 7.11 Å². The number of para-hydroxylation sites is 1. The molecule has 1 aliphatic heterocycles. The van der Waals surface area contributed by atoms with Crippen LogP contribution >= 0.6 is 0 Å². The summed E-state index contributed by atoms with van der Waals surface area (Å²) in [7, 11) is 1.69. The van der Waals surface area contributed by atoms with Gasteiger partial charge in [0.15, 0.2) is 0 Å². The van der Waals surface area contributed by atoms with Crippen molar-refractivity contribution in [3.05, 3.63) is 65.7 Å². The number of hydrogen-bond donors (Lipinski definition) is 3. The molecular weight excluding hydrogens is 288 g/mol. The predicted octanol–water partition coefficient (Wildman–Crippen LogP) is 2.25. The number of methoxy groups -OCH3 is 1. The van der Waals surface area contributed by atoms with Gasteiger partial charge in [-0.15, -0.1) is 0 Å². The lowest BCUT2D eigenvalue weighted by atomic mass is 9.91. The summed E-state index contributed by atoms with van der Waals surface area (Å²) in [6, 6.07) is 18.8. The van der Waals surface area contributed by atoms with Crippen LogP contribution in [-0.2, 0) is 6.54 Å². The van der Waals surface area contributed by atoms with Gasteiger partial charge in [-0.2, -0.15) is 0 Å². The minimum atomic E-state index is -0.315. The summed E-state index contributed by atoms with van der Waals surface area (Å²) < 4.78 is 5.41. The number of rotatable bonds is 5. The summed E-state index contributed by atoms with van der Waals surface area (Å²) in [5.41, 5.74) is 2.37. The molecule has 0 saturated carbocycles. The molecule has 0 bridgehead atoms. The number of aliphatic hydroxyl groups excluding tert-OH is 1. The molecule has 4 nitrogen and oxygen atoms in total. The number of piperidine rings is 1. The Balaban J connectivity index is 1.72. The molecule has 2 aromatic carbocycles. The van der Waals surface area contributed by atoms with Crippen LogP contribution in [0.25, 0.3) is 0 Å². The topological polar surface area (TPSA) is 53.5 Å². The second-order valence-corrected chi connectivity index (χ2v) is 5.99. The van der Waals surface area contributed by atoms with E-state index in [4.69, 9.17) is 4.74 Å². The molecule has 1 fully saturated rings. The Hall–Kier alpha value is -1.88. The Morgan fingerprint density at radius 2 is 1.87 bits per heavy atom. The quantitative estimate of drug-likeness (QED) is 0.793. The van der Waals surface area contributed by atoms with Crippen LogP contribution in [0.15, 0.2) is 54.6 Å². The average molecular weight is 312 g/mol. The molecule has 2 aromatic rings. The van der Waals surface area contributed by atoms with Gasteiger partial charge in [-0.1, -0.05) is 48.5 Å². The fourth-order valence-corrected chi connectivity index (χ4v) is 3.22. The van der Waals surface area contributed by atoms with E-state index in [1.165, 1.54) is 5.56 Å². The maximum atomic E-state index is 10.0. The highest BCUT2D eigenvalue weighted by atomic mass is 16.5. The monoisotopic (exact) mass is 312 g/mol. The van der Waals surface area contributed by atoms with Crippen molar-refractivity contribution in [2.75, 3.05) is 13.7 Å². The molecule has 3 atom stereocenters. The van der Waals surface area contributed by atoms with Crippen molar-refractivity contribution in [1.82, 2.24) is 10.6 Å². The maximum Gasteiger partial charge on any atom is 0.123 e. The number of hydrogen-bond acceptors (Lipinski definition) is 4. The summed E-state index contributed by atoms with van der Waals surface area (Å²) in [5.74, 6) is 0.889. The van der Waals surface area contributed by atoms with Gasteiger partial charge in [0.05, 0.1) is 13.2 Å². The van der Waals surface area contributed by atoms with Gasteiger partial charge in [-0.05, 0) is 18.1 Å². The minimum absolute atomic E-state index is 0.172. The van der Waals surface area contributed by atoms with Crippen LogP contribution in [0.4, 0.5) is 0 Å². The standard InChI is InChI=1S/C19H24N2O2/c1-23-18-10-6-5-9-15(18)12-20-17-11-16(22)13-21-19(17)14-7-3-2-4-8-14/h2-10,16-17,19-22H,11-13H2,1H3. The molecule has 0 aromatic heterocycles. The summed E-state index contributed by atoms with van der Waals surface area (Å²) in [4.78, 5) is 0. The number of β-amino-alcohol motifs (C(OH)–C–C–N with tert-alkyl or cyclic N) is 1. The molecule has 4 heteroatoms. The van der Waals surface area contributed by atoms with E-state index in [-0.39, 0.29) is 18.2 Å². The zero-order chi connectivity index (χ0) is 16.1. The summed E-state index contributed by atoms with van der Waals surface area (Å²) in [5, 5.41) is 17.1. The van der Waals surface area contributed by atoms with E-state index < -0.39 is 0 Å². The Morgan fingerprint density at radius 3 is 2.65 bits per heavy atom. The minimum Gasteiger partial charge on any atom is -0.496 e. The fourth-order valence-electron chi connectivity index (χ4n) is 3.22. The number of benzene rings is 2. The first-order chi connectivity index (χ1) is 11.3. The molecule has 3 rings (SSSR count). The Kier molecular flexibility index (Phi) is 5.28. The highest BCUT2D eigenvalue weighted by molar-refractivity contribution is 5.33. The SMILES string of the molecule is COc1ccccc1CNC1CC(O)CNC1c1ccccc1. The van der Waals surface area contributed by atoms with Crippen LogP contribution < -0.4 is 15.4 Å². The number of aliphatic hydroxyl groups is 1. The van der Waals surface area contributed by atoms with Crippen LogP contribution in [0.3, 0.4) is 0 Å². The van der Waals surface area contributed by atoms with Gasteiger partial charge in [-0.25, -0.2) is 0 Å². The second-order valence-electron chi connectivity index (χ2n) is 5.99. The molecule has 1 heterocycles. The van der Waals surface area contributed by atoms with Gasteiger partial charge in [0.25, 0.3) is 0 Å². The molecule has 1 aliphatic rings. The molecule has 1 saturated heterocycles. The molecule has 0 aliphatic carbocycles. The lowest BCUT2D eigenvalue weighted by molar-refractivity contribution is 0.103. The van der Waals surface area contributed by atoms with Crippen LogP contribution in [0.1, 0.15) is 23.6 Å². The van der Waals surface area contributed by atoms with Crippen molar-refractivity contribution in [2.45, 2.75) is 31.2 Å². The van der Waals surface area contributed by atoms with Crippen LogP contribution in [0, 0.1) is 0 Å².